The lowest BCUT2D eigenvalue weighted by atomic mass is 10.2. The van der Waals surface area contributed by atoms with Gasteiger partial charge in [-0.3, -0.25) is 9.36 Å². The van der Waals surface area contributed by atoms with Gasteiger partial charge in [0.15, 0.2) is 0 Å². The number of carbonyl (C=O) groups is 1. The highest BCUT2D eigenvalue weighted by Gasteiger charge is 2.21. The fourth-order valence-electron chi connectivity index (χ4n) is 2.60. The lowest BCUT2D eigenvalue weighted by molar-refractivity contribution is 0.0445. The Bertz CT molecular complexity index is 853. The van der Waals surface area contributed by atoms with Crippen molar-refractivity contribution < 1.29 is 9.53 Å². The Morgan fingerprint density at radius 1 is 1.08 bits per heavy atom. The summed E-state index contributed by atoms with van der Waals surface area (Å²) in [6.45, 7) is 3.16. The highest BCUT2D eigenvalue weighted by atomic mass is 79.9. The van der Waals surface area contributed by atoms with Crippen molar-refractivity contribution in [3.05, 3.63) is 74.9 Å². The maximum atomic E-state index is 12.5. The van der Waals surface area contributed by atoms with E-state index in [0.717, 1.165) is 30.7 Å². The molecule has 1 aliphatic heterocycles. The van der Waals surface area contributed by atoms with Crippen LogP contribution >= 0.6 is 15.9 Å². The van der Waals surface area contributed by atoms with Gasteiger partial charge in [0, 0.05) is 42.9 Å². The molecule has 0 unspecified atom stereocenters. The van der Waals surface area contributed by atoms with Crippen LogP contribution in [0.5, 0.6) is 0 Å². The molecule has 1 saturated heterocycles. The van der Waals surface area contributed by atoms with Crippen LogP contribution in [0.25, 0.3) is 6.20 Å². The van der Waals surface area contributed by atoms with Crippen molar-refractivity contribution in [2.75, 3.05) is 33.2 Å². The van der Waals surface area contributed by atoms with Crippen LogP contribution in [0.2, 0.25) is 0 Å². The predicted octanol–water partition coefficient (Wildman–Crippen LogP) is 2.47. The van der Waals surface area contributed by atoms with Crippen molar-refractivity contribution in [2.24, 2.45) is 0 Å². The summed E-state index contributed by atoms with van der Waals surface area (Å²) >= 11 is 3.35. The van der Waals surface area contributed by atoms with Gasteiger partial charge in [0.1, 0.15) is 0 Å². The first-order chi connectivity index (χ1) is 12.5. The Labute approximate surface area is 160 Å². The van der Waals surface area contributed by atoms with Gasteiger partial charge >= 0.3 is 5.97 Å². The number of rotatable bonds is 4. The molecule has 0 amide bonds. The van der Waals surface area contributed by atoms with Gasteiger partial charge in [0.05, 0.1) is 11.8 Å². The summed E-state index contributed by atoms with van der Waals surface area (Å²) in [5, 5.41) is 0. The second-order valence-corrected chi connectivity index (χ2v) is 7.02. The van der Waals surface area contributed by atoms with E-state index in [0.29, 0.717) is 11.4 Å². The second kappa shape index (κ2) is 8.33. The molecule has 0 atom stereocenters. The molecule has 26 heavy (non-hydrogen) atoms. The van der Waals surface area contributed by atoms with Crippen LogP contribution in [-0.4, -0.2) is 53.6 Å². The van der Waals surface area contributed by atoms with Gasteiger partial charge in [0.25, 0.3) is 5.56 Å². The summed E-state index contributed by atoms with van der Waals surface area (Å²) in [5.41, 5.74) is 0.271. The van der Waals surface area contributed by atoms with Gasteiger partial charge in [-0.1, -0.05) is 22.0 Å². The third kappa shape index (κ3) is 4.62. The normalized spacial score (nSPS) is 15.8. The molecule has 0 spiro atoms. The second-order valence-electron chi connectivity index (χ2n) is 6.10. The first-order valence-corrected chi connectivity index (χ1v) is 9.12. The Morgan fingerprint density at radius 3 is 2.42 bits per heavy atom. The SMILES string of the molecule is CN1CCN(/C(=C/n2ccccc2=O)OC(=O)c2ccc(Br)cc2)CC1. The van der Waals surface area contributed by atoms with Crippen molar-refractivity contribution >= 4 is 28.1 Å². The highest BCUT2D eigenvalue weighted by Crippen LogP contribution is 2.16. The zero-order valence-corrected chi connectivity index (χ0v) is 16.1. The fraction of sp³-hybridized carbons (Fsp3) is 0.263. The molecular formula is C19H20BrN3O3. The molecule has 1 aliphatic rings. The summed E-state index contributed by atoms with van der Waals surface area (Å²) < 4.78 is 7.97. The van der Waals surface area contributed by atoms with E-state index in [4.69, 9.17) is 4.74 Å². The molecule has 0 N–H and O–H groups in total. The first-order valence-electron chi connectivity index (χ1n) is 8.33. The Hall–Kier alpha value is -2.38. The number of halogens is 1. The first kappa shape index (κ1) is 18.4. The van der Waals surface area contributed by atoms with Gasteiger partial charge in [0.2, 0.25) is 5.88 Å². The number of carbonyl (C=O) groups excluding carboxylic acids is 1. The Kier molecular flexibility index (Phi) is 5.90. The topological polar surface area (TPSA) is 54.8 Å². The molecule has 3 rings (SSSR count). The molecule has 1 aromatic carbocycles. The number of hydrogen-bond acceptors (Lipinski definition) is 5. The van der Waals surface area contributed by atoms with Crippen molar-refractivity contribution in [2.45, 2.75) is 0 Å². The largest absolute Gasteiger partial charge is 0.404 e. The summed E-state index contributed by atoms with van der Waals surface area (Å²) in [6, 6.07) is 11.9. The highest BCUT2D eigenvalue weighted by molar-refractivity contribution is 9.10. The number of esters is 1. The number of aromatic nitrogens is 1. The van der Waals surface area contributed by atoms with Crippen LogP contribution < -0.4 is 5.56 Å². The summed E-state index contributed by atoms with van der Waals surface area (Å²) in [7, 11) is 2.05. The minimum Gasteiger partial charge on any atom is -0.404 e. The van der Waals surface area contributed by atoms with E-state index >= 15 is 0 Å². The van der Waals surface area contributed by atoms with E-state index < -0.39 is 5.97 Å². The number of pyridine rings is 1. The van der Waals surface area contributed by atoms with Crippen LogP contribution in [0, 0.1) is 0 Å². The molecule has 0 radical (unpaired) electrons. The number of nitrogens with zero attached hydrogens (tertiary/aromatic N) is 3. The minimum atomic E-state index is -0.452. The summed E-state index contributed by atoms with van der Waals surface area (Å²) in [4.78, 5) is 28.8. The molecule has 136 valence electrons. The number of likely N-dealkylation sites (N-methyl/N-ethyl adjacent to an activating group) is 1. The zero-order chi connectivity index (χ0) is 18.5. The van der Waals surface area contributed by atoms with Crippen molar-refractivity contribution in [1.29, 1.82) is 0 Å². The molecular weight excluding hydrogens is 398 g/mol. The summed E-state index contributed by atoms with van der Waals surface area (Å²) in [5.74, 6) is -0.0778. The van der Waals surface area contributed by atoms with E-state index in [-0.39, 0.29) is 5.56 Å². The van der Waals surface area contributed by atoms with Gasteiger partial charge in [-0.25, -0.2) is 4.79 Å². The molecule has 7 heteroatoms. The van der Waals surface area contributed by atoms with E-state index in [1.807, 2.05) is 4.90 Å². The van der Waals surface area contributed by atoms with E-state index in [9.17, 15) is 9.59 Å². The van der Waals surface area contributed by atoms with E-state index in [1.165, 1.54) is 10.6 Å². The van der Waals surface area contributed by atoms with Gasteiger partial charge in [-0.05, 0) is 37.4 Å². The smallest absolute Gasteiger partial charge is 0.344 e. The van der Waals surface area contributed by atoms with Gasteiger partial charge in [-0.15, -0.1) is 0 Å². The molecule has 1 fully saturated rings. The van der Waals surface area contributed by atoms with Crippen molar-refractivity contribution in [1.82, 2.24) is 14.4 Å². The van der Waals surface area contributed by atoms with E-state index in [1.54, 1.807) is 48.8 Å². The monoisotopic (exact) mass is 417 g/mol. The van der Waals surface area contributed by atoms with Gasteiger partial charge < -0.3 is 14.5 Å². The number of piperazine rings is 1. The van der Waals surface area contributed by atoms with Crippen LogP contribution in [0.4, 0.5) is 0 Å². The number of ether oxygens (including phenoxy) is 1. The molecule has 1 aromatic heterocycles. The average Bonchev–Trinajstić information content (AvgIpc) is 2.64. The Balaban J connectivity index is 1.87. The third-order valence-electron chi connectivity index (χ3n) is 4.19. The third-order valence-corrected chi connectivity index (χ3v) is 4.72. The minimum absolute atomic E-state index is 0.182. The van der Waals surface area contributed by atoms with Crippen LogP contribution in [-0.2, 0) is 4.74 Å². The molecule has 2 heterocycles. The van der Waals surface area contributed by atoms with Crippen LogP contribution in [0.1, 0.15) is 10.4 Å². The Morgan fingerprint density at radius 2 is 1.77 bits per heavy atom. The maximum Gasteiger partial charge on any atom is 0.344 e. The molecule has 6 nitrogen and oxygen atoms in total. The number of hydrogen-bond donors (Lipinski definition) is 0. The molecule has 0 bridgehead atoms. The lowest BCUT2D eigenvalue weighted by Gasteiger charge is -2.34. The molecule has 2 aromatic rings. The lowest BCUT2D eigenvalue weighted by Crippen LogP contribution is -2.44. The van der Waals surface area contributed by atoms with Crippen LogP contribution in [0.15, 0.2) is 63.8 Å². The van der Waals surface area contributed by atoms with E-state index in [2.05, 4.69) is 27.9 Å². The van der Waals surface area contributed by atoms with Gasteiger partial charge in [-0.2, -0.15) is 0 Å². The maximum absolute atomic E-state index is 12.5. The summed E-state index contributed by atoms with van der Waals surface area (Å²) in [6.07, 6.45) is 3.22. The van der Waals surface area contributed by atoms with Crippen molar-refractivity contribution in [3.63, 3.8) is 0 Å². The zero-order valence-electron chi connectivity index (χ0n) is 14.5. The standard InChI is InChI=1S/C19H20BrN3O3/c1-21-10-12-22(13-11-21)18(14-23-9-3-2-4-17(23)24)26-19(25)15-5-7-16(20)8-6-15/h2-9,14H,10-13H2,1H3/b18-14-. The molecule has 0 aliphatic carbocycles. The van der Waals surface area contributed by atoms with Crippen LogP contribution in [0.3, 0.4) is 0 Å². The molecule has 0 saturated carbocycles. The average molecular weight is 418 g/mol. The fourth-order valence-corrected chi connectivity index (χ4v) is 2.87. The van der Waals surface area contributed by atoms with Crippen molar-refractivity contribution in [3.8, 4) is 0 Å². The predicted molar refractivity (Wildman–Crippen MR) is 104 cm³/mol. The number of benzene rings is 1. The quantitative estimate of drug-likeness (QED) is 0.564.